The number of aromatic nitrogens is 1. The van der Waals surface area contributed by atoms with Crippen LogP contribution in [0.25, 0.3) is 11.3 Å². The lowest BCUT2D eigenvalue weighted by Gasteiger charge is -2.03. The quantitative estimate of drug-likeness (QED) is 0.726. The first-order valence-electron chi connectivity index (χ1n) is 6.76. The first-order chi connectivity index (χ1) is 10.3. The molecule has 0 radical (unpaired) electrons. The van der Waals surface area contributed by atoms with Crippen molar-refractivity contribution in [2.75, 3.05) is 0 Å². The molecule has 2 heterocycles. The molecule has 0 aliphatic carbocycles. The van der Waals surface area contributed by atoms with Crippen molar-refractivity contribution in [2.45, 2.75) is 13.1 Å². The maximum atomic E-state index is 13.7. The van der Waals surface area contributed by atoms with Gasteiger partial charge in [0.2, 0.25) is 0 Å². The van der Waals surface area contributed by atoms with Crippen LogP contribution in [0.1, 0.15) is 11.3 Å². The molecule has 0 saturated heterocycles. The Bertz CT molecular complexity index is 719. The predicted molar refractivity (Wildman–Crippen MR) is 93.4 cm³/mol. The number of rotatable bonds is 5. The Hall–Kier alpha value is -1.88. The number of pyridine rings is 1. The monoisotopic (exact) mass is 354 g/mol. The van der Waals surface area contributed by atoms with Gasteiger partial charge in [0, 0.05) is 18.9 Å². The van der Waals surface area contributed by atoms with Crippen LogP contribution >= 0.6 is 24.8 Å². The van der Waals surface area contributed by atoms with Crippen LogP contribution < -0.4 is 5.32 Å². The van der Waals surface area contributed by atoms with E-state index in [2.05, 4.69) is 10.3 Å². The van der Waals surface area contributed by atoms with Gasteiger partial charge in [-0.3, -0.25) is 4.98 Å². The van der Waals surface area contributed by atoms with Crippen molar-refractivity contribution >= 4 is 24.8 Å². The van der Waals surface area contributed by atoms with Crippen LogP contribution in [0, 0.1) is 5.82 Å². The van der Waals surface area contributed by atoms with Gasteiger partial charge in [-0.2, -0.15) is 0 Å². The Balaban J connectivity index is 0.00000132. The molecule has 0 unspecified atom stereocenters. The highest BCUT2D eigenvalue weighted by Gasteiger charge is 2.08. The Labute approximate surface area is 146 Å². The zero-order valence-electron chi connectivity index (χ0n) is 12.2. The Kier molecular flexibility index (Phi) is 7.75. The van der Waals surface area contributed by atoms with Crippen molar-refractivity contribution in [1.82, 2.24) is 10.3 Å². The molecule has 3 rings (SSSR count). The van der Waals surface area contributed by atoms with Gasteiger partial charge in [-0.05, 0) is 42.0 Å². The summed E-state index contributed by atoms with van der Waals surface area (Å²) in [4.78, 5) is 3.97. The molecule has 0 fully saturated rings. The summed E-state index contributed by atoms with van der Waals surface area (Å²) in [6, 6.07) is 14.2. The van der Waals surface area contributed by atoms with Crippen molar-refractivity contribution in [2.24, 2.45) is 0 Å². The zero-order valence-corrected chi connectivity index (χ0v) is 13.9. The topological polar surface area (TPSA) is 38.1 Å². The van der Waals surface area contributed by atoms with Crippen molar-refractivity contribution in [3.63, 3.8) is 0 Å². The molecule has 0 spiro atoms. The van der Waals surface area contributed by atoms with E-state index in [0.29, 0.717) is 17.9 Å². The van der Waals surface area contributed by atoms with Gasteiger partial charge in [0.25, 0.3) is 0 Å². The maximum absolute atomic E-state index is 13.7. The number of nitrogens with zero attached hydrogens (tertiary/aromatic N) is 1. The lowest BCUT2D eigenvalue weighted by Crippen LogP contribution is -2.11. The van der Waals surface area contributed by atoms with Gasteiger partial charge in [-0.1, -0.05) is 12.1 Å². The third-order valence-electron chi connectivity index (χ3n) is 3.18. The minimum Gasteiger partial charge on any atom is -0.460 e. The number of halogens is 3. The molecule has 3 aromatic rings. The van der Waals surface area contributed by atoms with Crippen LogP contribution in [0.15, 0.2) is 65.3 Å². The highest BCUT2D eigenvalue weighted by atomic mass is 35.5. The van der Waals surface area contributed by atoms with Gasteiger partial charge in [0.1, 0.15) is 17.3 Å². The molecule has 122 valence electrons. The summed E-state index contributed by atoms with van der Waals surface area (Å²) in [5, 5.41) is 3.28. The molecule has 6 heteroatoms. The lowest BCUT2D eigenvalue weighted by atomic mass is 10.1. The number of hydrogen-bond donors (Lipinski definition) is 1. The smallest absolute Gasteiger partial charge is 0.137 e. The van der Waals surface area contributed by atoms with Crippen LogP contribution in [0.4, 0.5) is 4.39 Å². The number of benzene rings is 1. The van der Waals surface area contributed by atoms with Crippen molar-refractivity contribution in [3.05, 3.63) is 78.1 Å². The van der Waals surface area contributed by atoms with E-state index in [1.165, 1.54) is 6.07 Å². The first-order valence-corrected chi connectivity index (χ1v) is 6.76. The minimum atomic E-state index is -0.275. The molecule has 1 N–H and O–H groups in total. The number of nitrogens with one attached hydrogen (secondary N) is 1. The van der Waals surface area contributed by atoms with Crippen LogP contribution in [-0.4, -0.2) is 4.98 Å². The molecule has 23 heavy (non-hydrogen) atoms. The predicted octanol–water partition coefficient (Wildman–Crippen LogP) is 4.61. The van der Waals surface area contributed by atoms with Gasteiger partial charge in [-0.25, -0.2) is 4.39 Å². The maximum Gasteiger partial charge on any atom is 0.137 e. The molecule has 3 nitrogen and oxygen atoms in total. The normalized spacial score (nSPS) is 9.78. The average Bonchev–Trinajstić information content (AvgIpc) is 2.97. The highest BCUT2D eigenvalue weighted by molar-refractivity contribution is 5.85. The lowest BCUT2D eigenvalue weighted by molar-refractivity contribution is 0.490. The van der Waals surface area contributed by atoms with Gasteiger partial charge in [0.05, 0.1) is 12.1 Å². The van der Waals surface area contributed by atoms with E-state index in [0.717, 1.165) is 17.9 Å². The Morgan fingerprint density at radius 2 is 1.65 bits per heavy atom. The van der Waals surface area contributed by atoms with Gasteiger partial charge >= 0.3 is 0 Å². The summed E-state index contributed by atoms with van der Waals surface area (Å²) >= 11 is 0. The SMILES string of the molecule is Cl.Cl.Fc1ccccc1-c1ccc(CNCc2ccncc2)o1. The van der Waals surface area contributed by atoms with E-state index >= 15 is 0 Å². The van der Waals surface area contributed by atoms with E-state index in [-0.39, 0.29) is 30.6 Å². The second-order valence-corrected chi connectivity index (χ2v) is 4.70. The molecular formula is C17H17Cl2FN2O. The van der Waals surface area contributed by atoms with Crippen LogP contribution in [0.5, 0.6) is 0 Å². The summed E-state index contributed by atoms with van der Waals surface area (Å²) in [5.41, 5.74) is 1.64. The molecule has 0 aliphatic heterocycles. The van der Waals surface area contributed by atoms with Crippen molar-refractivity contribution in [1.29, 1.82) is 0 Å². The van der Waals surface area contributed by atoms with Gasteiger partial charge < -0.3 is 9.73 Å². The van der Waals surface area contributed by atoms with Gasteiger partial charge in [-0.15, -0.1) is 24.8 Å². The minimum absolute atomic E-state index is 0. The van der Waals surface area contributed by atoms with E-state index in [1.54, 1.807) is 36.7 Å². The summed E-state index contributed by atoms with van der Waals surface area (Å²) in [6.07, 6.45) is 3.53. The van der Waals surface area contributed by atoms with Crippen molar-refractivity contribution < 1.29 is 8.81 Å². The third kappa shape index (κ3) is 5.06. The molecule has 0 amide bonds. The fraction of sp³-hybridized carbons (Fsp3) is 0.118. The fourth-order valence-corrected chi connectivity index (χ4v) is 2.11. The van der Waals surface area contributed by atoms with Crippen molar-refractivity contribution in [3.8, 4) is 11.3 Å². The van der Waals surface area contributed by atoms with Crippen LogP contribution in [0.3, 0.4) is 0 Å². The number of furan rings is 1. The highest BCUT2D eigenvalue weighted by Crippen LogP contribution is 2.24. The molecule has 0 bridgehead atoms. The van der Waals surface area contributed by atoms with E-state index in [4.69, 9.17) is 4.42 Å². The summed E-state index contributed by atoms with van der Waals surface area (Å²) in [7, 11) is 0. The van der Waals surface area contributed by atoms with Gasteiger partial charge in [0.15, 0.2) is 0 Å². The van der Waals surface area contributed by atoms with Crippen LogP contribution in [-0.2, 0) is 13.1 Å². The van der Waals surface area contributed by atoms with E-state index < -0.39 is 0 Å². The Morgan fingerprint density at radius 1 is 0.913 bits per heavy atom. The zero-order chi connectivity index (χ0) is 14.5. The Morgan fingerprint density at radius 3 is 2.39 bits per heavy atom. The summed E-state index contributed by atoms with van der Waals surface area (Å²) < 4.78 is 19.4. The molecule has 1 aromatic carbocycles. The molecular weight excluding hydrogens is 338 g/mol. The summed E-state index contributed by atoms with van der Waals surface area (Å²) in [6.45, 7) is 1.33. The molecule has 0 saturated carbocycles. The molecule has 0 aliphatic rings. The average molecular weight is 355 g/mol. The second-order valence-electron chi connectivity index (χ2n) is 4.70. The standard InChI is InChI=1S/C17H15FN2O.2ClH/c18-16-4-2-1-3-15(16)17-6-5-14(21-17)12-20-11-13-7-9-19-10-8-13;;/h1-10,20H,11-12H2;2*1H. The number of hydrogen-bond acceptors (Lipinski definition) is 3. The molecule has 2 aromatic heterocycles. The fourth-order valence-electron chi connectivity index (χ4n) is 2.11. The second kappa shape index (κ2) is 9.30. The molecule has 0 atom stereocenters. The third-order valence-corrected chi connectivity index (χ3v) is 3.18. The first kappa shape index (κ1) is 19.2. The summed E-state index contributed by atoms with van der Waals surface area (Å²) in [5.74, 6) is 1.05. The van der Waals surface area contributed by atoms with E-state index in [1.807, 2.05) is 18.2 Å². The van der Waals surface area contributed by atoms with Crippen LogP contribution in [0.2, 0.25) is 0 Å². The largest absolute Gasteiger partial charge is 0.460 e. The van der Waals surface area contributed by atoms with E-state index in [9.17, 15) is 4.39 Å².